The van der Waals surface area contributed by atoms with Gasteiger partial charge >= 0.3 is 0 Å². The van der Waals surface area contributed by atoms with Crippen molar-refractivity contribution in [1.82, 2.24) is 5.01 Å². The molecule has 1 rings (SSSR count). The van der Waals surface area contributed by atoms with Gasteiger partial charge in [-0.05, 0) is 25.2 Å². The SMILES string of the molecule is CCC1CCN(N=O)C(CC)C1. The van der Waals surface area contributed by atoms with E-state index in [1.54, 1.807) is 5.01 Å². The number of rotatable bonds is 3. The first-order chi connectivity index (χ1) is 5.81. The predicted molar refractivity (Wildman–Crippen MR) is 49.6 cm³/mol. The number of hydrogen-bond donors (Lipinski definition) is 0. The van der Waals surface area contributed by atoms with Crippen LogP contribution in [0.25, 0.3) is 0 Å². The summed E-state index contributed by atoms with van der Waals surface area (Å²) in [5.74, 6) is 0.813. The van der Waals surface area contributed by atoms with Crippen molar-refractivity contribution in [2.45, 2.75) is 45.6 Å². The fraction of sp³-hybridized carbons (Fsp3) is 1.00. The summed E-state index contributed by atoms with van der Waals surface area (Å²) in [7, 11) is 0. The van der Waals surface area contributed by atoms with Gasteiger partial charge in [-0.3, -0.25) is 5.01 Å². The molecule has 1 aliphatic rings. The van der Waals surface area contributed by atoms with Gasteiger partial charge in [0.25, 0.3) is 0 Å². The smallest absolute Gasteiger partial charge is 0.0526 e. The van der Waals surface area contributed by atoms with Crippen LogP contribution in [0, 0.1) is 10.8 Å². The van der Waals surface area contributed by atoms with Crippen molar-refractivity contribution in [3.63, 3.8) is 0 Å². The van der Waals surface area contributed by atoms with Gasteiger partial charge < -0.3 is 0 Å². The predicted octanol–water partition coefficient (Wildman–Crippen LogP) is 2.57. The molecule has 1 heterocycles. The average molecular weight is 170 g/mol. The molecule has 2 unspecified atom stereocenters. The number of nitroso groups, excluding NO2 is 1. The largest absolute Gasteiger partial charge is 0.258 e. The molecule has 1 saturated heterocycles. The summed E-state index contributed by atoms with van der Waals surface area (Å²) in [4.78, 5) is 10.4. The Morgan fingerprint density at radius 3 is 2.67 bits per heavy atom. The van der Waals surface area contributed by atoms with Gasteiger partial charge in [-0.1, -0.05) is 20.3 Å². The van der Waals surface area contributed by atoms with E-state index >= 15 is 0 Å². The van der Waals surface area contributed by atoms with Gasteiger partial charge in [0.05, 0.1) is 11.3 Å². The summed E-state index contributed by atoms with van der Waals surface area (Å²) >= 11 is 0. The Bertz CT molecular complexity index is 149. The van der Waals surface area contributed by atoms with Gasteiger partial charge in [0.15, 0.2) is 0 Å². The van der Waals surface area contributed by atoms with Crippen LogP contribution in [0.4, 0.5) is 0 Å². The summed E-state index contributed by atoms with van der Waals surface area (Å²) < 4.78 is 0. The Labute approximate surface area is 74.1 Å². The maximum absolute atomic E-state index is 10.4. The van der Waals surface area contributed by atoms with Crippen molar-refractivity contribution >= 4 is 0 Å². The number of hydrogen-bond acceptors (Lipinski definition) is 2. The Kier molecular flexibility index (Phi) is 3.50. The van der Waals surface area contributed by atoms with Gasteiger partial charge in [-0.15, -0.1) is 4.91 Å². The fourth-order valence-corrected chi connectivity index (χ4v) is 1.98. The van der Waals surface area contributed by atoms with Crippen molar-refractivity contribution < 1.29 is 0 Å². The first kappa shape index (κ1) is 9.49. The monoisotopic (exact) mass is 170 g/mol. The molecule has 2 atom stereocenters. The van der Waals surface area contributed by atoms with E-state index in [0.717, 1.165) is 31.7 Å². The maximum atomic E-state index is 10.4. The number of piperidine rings is 1. The summed E-state index contributed by atoms with van der Waals surface area (Å²) in [5, 5.41) is 4.77. The molecule has 0 bridgehead atoms. The molecular weight excluding hydrogens is 152 g/mol. The van der Waals surface area contributed by atoms with Gasteiger partial charge in [-0.25, -0.2) is 0 Å². The molecule has 1 fully saturated rings. The van der Waals surface area contributed by atoms with Crippen LogP contribution in [-0.2, 0) is 0 Å². The molecule has 0 spiro atoms. The highest BCUT2D eigenvalue weighted by Crippen LogP contribution is 2.26. The lowest BCUT2D eigenvalue weighted by Crippen LogP contribution is -2.38. The minimum absolute atomic E-state index is 0.404. The van der Waals surface area contributed by atoms with Crippen molar-refractivity contribution in [3.8, 4) is 0 Å². The molecule has 0 aromatic carbocycles. The molecule has 0 aromatic rings. The van der Waals surface area contributed by atoms with Crippen molar-refractivity contribution in [1.29, 1.82) is 0 Å². The van der Waals surface area contributed by atoms with E-state index in [1.807, 2.05) is 0 Å². The molecule has 0 aliphatic carbocycles. The molecular formula is C9H18N2O. The zero-order valence-electron chi connectivity index (χ0n) is 7.99. The highest BCUT2D eigenvalue weighted by atomic mass is 16.3. The third-order valence-corrected chi connectivity index (χ3v) is 2.95. The molecule has 0 radical (unpaired) electrons. The zero-order chi connectivity index (χ0) is 8.97. The lowest BCUT2D eigenvalue weighted by molar-refractivity contribution is 0.109. The fourth-order valence-electron chi connectivity index (χ4n) is 1.98. The molecule has 70 valence electrons. The average Bonchev–Trinajstić information content (AvgIpc) is 2.16. The summed E-state index contributed by atoms with van der Waals surface area (Å²) in [5.41, 5.74) is 0. The lowest BCUT2D eigenvalue weighted by atomic mass is 9.89. The van der Waals surface area contributed by atoms with Crippen LogP contribution in [0.15, 0.2) is 5.29 Å². The van der Waals surface area contributed by atoms with Gasteiger partial charge in [0, 0.05) is 6.54 Å². The second kappa shape index (κ2) is 4.43. The van der Waals surface area contributed by atoms with E-state index in [0.29, 0.717) is 6.04 Å². The zero-order valence-corrected chi connectivity index (χ0v) is 7.99. The van der Waals surface area contributed by atoms with Gasteiger partial charge in [-0.2, -0.15) is 0 Å². The first-order valence-electron chi connectivity index (χ1n) is 4.91. The van der Waals surface area contributed by atoms with Crippen LogP contribution >= 0.6 is 0 Å². The first-order valence-corrected chi connectivity index (χ1v) is 4.91. The second-order valence-corrected chi connectivity index (χ2v) is 3.61. The highest BCUT2D eigenvalue weighted by Gasteiger charge is 2.25. The van der Waals surface area contributed by atoms with E-state index in [2.05, 4.69) is 19.1 Å². The Hall–Kier alpha value is -0.600. The molecule has 0 N–H and O–H groups in total. The van der Waals surface area contributed by atoms with Crippen molar-refractivity contribution in [2.75, 3.05) is 6.54 Å². The molecule has 0 aromatic heterocycles. The molecule has 0 amide bonds. The van der Waals surface area contributed by atoms with Crippen molar-refractivity contribution in [3.05, 3.63) is 4.91 Å². The third kappa shape index (κ3) is 1.96. The van der Waals surface area contributed by atoms with Crippen LogP contribution in [-0.4, -0.2) is 17.6 Å². The molecule has 3 nitrogen and oxygen atoms in total. The summed E-state index contributed by atoms with van der Waals surface area (Å²) in [6, 6.07) is 0.404. The topological polar surface area (TPSA) is 32.7 Å². The molecule has 1 aliphatic heterocycles. The van der Waals surface area contributed by atoms with E-state index in [4.69, 9.17) is 0 Å². The van der Waals surface area contributed by atoms with Crippen LogP contribution < -0.4 is 0 Å². The third-order valence-electron chi connectivity index (χ3n) is 2.95. The standard InChI is InChI=1S/C9H18N2O/c1-3-8-5-6-11(10-12)9(4-2)7-8/h8-9H,3-7H2,1-2H3. The van der Waals surface area contributed by atoms with Crippen molar-refractivity contribution in [2.24, 2.45) is 11.2 Å². The Morgan fingerprint density at radius 1 is 1.42 bits per heavy atom. The Balaban J connectivity index is 2.46. The van der Waals surface area contributed by atoms with Gasteiger partial charge in [0.2, 0.25) is 0 Å². The summed E-state index contributed by atoms with van der Waals surface area (Å²) in [6.45, 7) is 5.21. The summed E-state index contributed by atoms with van der Waals surface area (Å²) in [6.07, 6.45) is 4.57. The quantitative estimate of drug-likeness (QED) is 0.610. The van der Waals surface area contributed by atoms with E-state index in [9.17, 15) is 4.91 Å². The lowest BCUT2D eigenvalue weighted by Gasteiger charge is -2.34. The van der Waals surface area contributed by atoms with E-state index in [-0.39, 0.29) is 0 Å². The molecule has 0 saturated carbocycles. The minimum atomic E-state index is 0.404. The Morgan fingerprint density at radius 2 is 2.17 bits per heavy atom. The molecule has 3 heteroatoms. The highest BCUT2D eigenvalue weighted by molar-refractivity contribution is 4.77. The second-order valence-electron chi connectivity index (χ2n) is 3.61. The van der Waals surface area contributed by atoms with Crippen LogP contribution in [0.3, 0.4) is 0 Å². The van der Waals surface area contributed by atoms with Crippen LogP contribution in [0.5, 0.6) is 0 Å². The van der Waals surface area contributed by atoms with Gasteiger partial charge in [0.1, 0.15) is 0 Å². The normalized spacial score (nSPS) is 30.3. The minimum Gasteiger partial charge on any atom is -0.258 e. The number of nitrogens with zero attached hydrogens (tertiary/aromatic N) is 2. The van der Waals surface area contributed by atoms with Crippen LogP contribution in [0.2, 0.25) is 0 Å². The maximum Gasteiger partial charge on any atom is 0.0526 e. The van der Waals surface area contributed by atoms with E-state index < -0.39 is 0 Å². The van der Waals surface area contributed by atoms with E-state index in [1.165, 1.54) is 6.42 Å². The molecule has 12 heavy (non-hydrogen) atoms. The van der Waals surface area contributed by atoms with Crippen LogP contribution in [0.1, 0.15) is 39.5 Å².